The van der Waals surface area contributed by atoms with Crippen molar-refractivity contribution in [2.45, 2.75) is 23.1 Å². The van der Waals surface area contributed by atoms with Crippen LogP contribution in [0.4, 0.5) is 15.8 Å². The van der Waals surface area contributed by atoms with Gasteiger partial charge in [-0.15, -0.1) is 0 Å². The first-order valence-corrected chi connectivity index (χ1v) is 14.5. The van der Waals surface area contributed by atoms with Gasteiger partial charge in [0.15, 0.2) is 16.7 Å². The Hall–Kier alpha value is -3.94. The van der Waals surface area contributed by atoms with E-state index in [0.29, 0.717) is 28.0 Å². The molecule has 2 heterocycles. The van der Waals surface area contributed by atoms with Gasteiger partial charge in [-0.05, 0) is 60.2 Å². The van der Waals surface area contributed by atoms with E-state index in [1.54, 1.807) is 24.3 Å². The van der Waals surface area contributed by atoms with Gasteiger partial charge in [0, 0.05) is 26.2 Å². The number of amidine groups is 1. The van der Waals surface area contributed by atoms with Crippen molar-refractivity contribution in [3.05, 3.63) is 78.1 Å². The number of anilines is 1. The molecule has 0 aromatic heterocycles. The predicted molar refractivity (Wildman–Crippen MR) is 149 cm³/mol. The van der Waals surface area contributed by atoms with Crippen LogP contribution in [-0.4, -0.2) is 60.7 Å². The Kier molecular flexibility index (Phi) is 7.79. The molecule has 0 radical (unpaired) electrons. The number of benzene rings is 3. The fraction of sp³-hybridized carbons (Fsp3) is 0.222. The van der Waals surface area contributed by atoms with Crippen molar-refractivity contribution in [1.82, 2.24) is 9.21 Å². The number of hydrogen-bond donors (Lipinski definition) is 1. The van der Waals surface area contributed by atoms with Crippen molar-refractivity contribution < 1.29 is 31.9 Å². The molecule has 10 nitrogen and oxygen atoms in total. The van der Waals surface area contributed by atoms with Gasteiger partial charge < -0.3 is 14.8 Å². The van der Waals surface area contributed by atoms with Crippen LogP contribution >= 0.6 is 11.8 Å². The van der Waals surface area contributed by atoms with E-state index >= 15 is 0 Å². The molecule has 0 spiro atoms. The number of nitrogens with zero attached hydrogens (tertiary/aromatic N) is 3. The van der Waals surface area contributed by atoms with Crippen molar-refractivity contribution in [2.24, 2.45) is 4.99 Å². The minimum Gasteiger partial charge on any atom is -0.454 e. The first kappa shape index (κ1) is 27.6. The molecule has 3 aromatic rings. The van der Waals surface area contributed by atoms with Crippen molar-refractivity contribution in [2.75, 3.05) is 26.2 Å². The normalized spacial score (nSPS) is 17.6. The van der Waals surface area contributed by atoms with E-state index < -0.39 is 27.0 Å². The molecule has 13 heteroatoms. The van der Waals surface area contributed by atoms with Gasteiger partial charge in [0.05, 0.1) is 17.1 Å². The van der Waals surface area contributed by atoms with Crippen LogP contribution in [0, 0.1) is 5.82 Å². The van der Waals surface area contributed by atoms with E-state index in [1.807, 2.05) is 6.07 Å². The highest BCUT2D eigenvalue weighted by Gasteiger charge is 2.39. The van der Waals surface area contributed by atoms with Gasteiger partial charge in [0.2, 0.25) is 28.6 Å². The zero-order chi connectivity index (χ0) is 28.4. The molecule has 1 saturated heterocycles. The van der Waals surface area contributed by atoms with Gasteiger partial charge >= 0.3 is 0 Å². The highest BCUT2D eigenvalue weighted by molar-refractivity contribution is 8.15. The molecule has 0 saturated carbocycles. The lowest BCUT2D eigenvalue weighted by Gasteiger charge is -2.17. The van der Waals surface area contributed by atoms with Gasteiger partial charge in [0.25, 0.3) is 0 Å². The highest BCUT2D eigenvalue weighted by Crippen LogP contribution is 2.36. The molecule has 1 unspecified atom stereocenters. The second-order valence-electron chi connectivity index (χ2n) is 9.16. The zero-order valence-corrected chi connectivity index (χ0v) is 23.2. The van der Waals surface area contributed by atoms with Crippen molar-refractivity contribution in [3.63, 3.8) is 0 Å². The summed E-state index contributed by atoms with van der Waals surface area (Å²) in [5.74, 6) is -0.00308. The fourth-order valence-electron chi connectivity index (χ4n) is 4.04. The summed E-state index contributed by atoms with van der Waals surface area (Å²) in [6, 6.07) is 16.8. The SMILES string of the molecule is CN(C)S(=O)(=O)c1cccc(N=C2SC(CC(=O)Nc3ccc(F)cc3)C(=O)N2Cc2ccc3c(c2)OCO3)c1. The number of aliphatic imine (C=N–C) groups is 1. The maximum atomic E-state index is 13.5. The highest BCUT2D eigenvalue weighted by atomic mass is 32.2. The lowest BCUT2D eigenvalue weighted by Crippen LogP contribution is -2.33. The van der Waals surface area contributed by atoms with E-state index in [1.165, 1.54) is 55.4 Å². The van der Waals surface area contributed by atoms with Crippen LogP contribution < -0.4 is 14.8 Å². The number of carbonyl (C=O) groups is 2. The van der Waals surface area contributed by atoms with Crippen molar-refractivity contribution in [3.8, 4) is 11.5 Å². The molecule has 2 aliphatic rings. The van der Waals surface area contributed by atoms with Crippen LogP contribution in [0.3, 0.4) is 0 Å². The van der Waals surface area contributed by atoms with Gasteiger partial charge in [-0.1, -0.05) is 23.9 Å². The first-order chi connectivity index (χ1) is 19.1. The van der Waals surface area contributed by atoms with Gasteiger partial charge in [0.1, 0.15) is 11.1 Å². The summed E-state index contributed by atoms with van der Waals surface area (Å²) >= 11 is 1.12. The van der Waals surface area contributed by atoms with E-state index in [0.717, 1.165) is 21.6 Å². The summed E-state index contributed by atoms with van der Waals surface area (Å²) in [5, 5.41) is 2.22. The number of rotatable bonds is 8. The lowest BCUT2D eigenvalue weighted by molar-refractivity contribution is -0.128. The van der Waals surface area contributed by atoms with Gasteiger partial charge in [-0.3, -0.25) is 14.5 Å². The summed E-state index contributed by atoms with van der Waals surface area (Å²) < 4.78 is 50.4. The maximum Gasteiger partial charge on any atom is 0.242 e. The van der Waals surface area contributed by atoms with Crippen LogP contribution in [-0.2, 0) is 26.2 Å². The molecule has 0 bridgehead atoms. The second kappa shape index (κ2) is 11.3. The number of nitrogens with one attached hydrogen (secondary N) is 1. The third kappa shape index (κ3) is 5.96. The number of thioether (sulfide) groups is 1. The van der Waals surface area contributed by atoms with Crippen molar-refractivity contribution in [1.29, 1.82) is 0 Å². The van der Waals surface area contributed by atoms with Crippen LogP contribution in [0.1, 0.15) is 12.0 Å². The average molecular weight is 585 g/mol. The number of sulfonamides is 1. The number of amides is 2. The molecular weight excluding hydrogens is 559 g/mol. The Labute approximate surface area is 234 Å². The number of carbonyl (C=O) groups excluding carboxylic acids is 2. The molecule has 0 aliphatic carbocycles. The van der Waals surface area contributed by atoms with Crippen LogP contribution in [0.5, 0.6) is 11.5 Å². The fourth-order valence-corrected chi connectivity index (χ4v) is 6.14. The standard InChI is InChI=1S/C27H25FN4O6S2/c1-31(2)40(35,36)21-5-3-4-20(13-21)30-27-32(15-17-6-11-22-23(12-17)38-16-37-22)26(34)24(39-27)14-25(33)29-19-9-7-18(28)8-10-19/h3-13,24H,14-16H2,1-2H3,(H,29,33). The predicted octanol–water partition coefficient (Wildman–Crippen LogP) is 3.97. The van der Waals surface area contributed by atoms with Gasteiger partial charge in [-0.25, -0.2) is 22.1 Å². The Morgan fingerprint density at radius 1 is 1.10 bits per heavy atom. The van der Waals surface area contributed by atoms with E-state index in [2.05, 4.69) is 10.3 Å². The van der Waals surface area contributed by atoms with Gasteiger partial charge in [-0.2, -0.15) is 0 Å². The molecule has 1 atom stereocenters. The molecule has 40 heavy (non-hydrogen) atoms. The molecule has 1 N–H and O–H groups in total. The number of fused-ring (bicyclic) bond motifs is 1. The summed E-state index contributed by atoms with van der Waals surface area (Å²) in [4.78, 5) is 32.4. The molecular formula is C27H25FN4O6S2. The molecule has 3 aromatic carbocycles. The van der Waals surface area contributed by atoms with E-state index in [4.69, 9.17) is 9.47 Å². The van der Waals surface area contributed by atoms with E-state index in [-0.39, 0.29) is 30.6 Å². The Balaban J connectivity index is 1.42. The first-order valence-electron chi connectivity index (χ1n) is 12.1. The third-order valence-corrected chi connectivity index (χ3v) is 9.10. The molecule has 1 fully saturated rings. The monoisotopic (exact) mass is 584 g/mol. The molecule has 2 aliphatic heterocycles. The molecule has 208 valence electrons. The number of hydrogen-bond acceptors (Lipinski definition) is 8. The van der Waals surface area contributed by atoms with Crippen molar-refractivity contribution >= 4 is 50.1 Å². The second-order valence-corrected chi connectivity index (χ2v) is 12.5. The average Bonchev–Trinajstić information content (AvgIpc) is 3.50. The Bertz CT molecular complexity index is 1590. The quantitative estimate of drug-likeness (QED) is 0.426. The largest absolute Gasteiger partial charge is 0.454 e. The third-order valence-electron chi connectivity index (χ3n) is 6.12. The lowest BCUT2D eigenvalue weighted by atomic mass is 10.1. The Morgan fingerprint density at radius 2 is 1.85 bits per heavy atom. The summed E-state index contributed by atoms with van der Waals surface area (Å²) in [5.41, 5.74) is 1.50. The Morgan fingerprint density at radius 3 is 2.60 bits per heavy atom. The van der Waals surface area contributed by atoms with Crippen LogP contribution in [0.2, 0.25) is 0 Å². The minimum absolute atomic E-state index is 0.0613. The molecule has 5 rings (SSSR count). The smallest absolute Gasteiger partial charge is 0.242 e. The topological polar surface area (TPSA) is 118 Å². The molecule has 2 amide bonds. The van der Waals surface area contributed by atoms with Crippen LogP contribution in [0.25, 0.3) is 0 Å². The summed E-state index contributed by atoms with van der Waals surface area (Å²) in [6.07, 6.45) is -0.146. The maximum absolute atomic E-state index is 13.5. The summed E-state index contributed by atoms with van der Waals surface area (Å²) in [7, 11) is -0.819. The number of ether oxygens (including phenoxy) is 2. The van der Waals surface area contributed by atoms with E-state index in [9.17, 15) is 22.4 Å². The minimum atomic E-state index is -3.70. The number of halogens is 1. The van der Waals surface area contributed by atoms with Crippen LogP contribution in [0.15, 0.2) is 76.6 Å². The zero-order valence-electron chi connectivity index (χ0n) is 21.5. The summed E-state index contributed by atoms with van der Waals surface area (Å²) in [6.45, 7) is 0.258.